The van der Waals surface area contributed by atoms with E-state index in [0.29, 0.717) is 0 Å². The maximum Gasteiger partial charge on any atom is 0.469 e. The zero-order chi connectivity index (χ0) is 20.4. The minimum absolute atomic E-state index is 0.0768. The van der Waals surface area contributed by atoms with E-state index in [1.807, 2.05) is 0 Å². The molecule has 0 unspecified atom stereocenters. The van der Waals surface area contributed by atoms with Gasteiger partial charge in [-0.25, -0.2) is 4.57 Å². The van der Waals surface area contributed by atoms with Crippen molar-refractivity contribution < 1.29 is 53.9 Å². The van der Waals surface area contributed by atoms with Crippen molar-refractivity contribution in [3.8, 4) is 5.75 Å². The van der Waals surface area contributed by atoms with E-state index in [9.17, 15) is 25.0 Å². The van der Waals surface area contributed by atoms with E-state index in [1.165, 1.54) is 13.1 Å². The number of aromatic nitrogens is 1. The van der Waals surface area contributed by atoms with Gasteiger partial charge in [-0.2, -0.15) is 0 Å². The van der Waals surface area contributed by atoms with Gasteiger partial charge < -0.3 is 44.8 Å². The lowest BCUT2D eigenvalue weighted by Gasteiger charge is -2.39. The molecule has 0 spiro atoms. The van der Waals surface area contributed by atoms with Gasteiger partial charge in [0.2, 0.25) is 0 Å². The number of hydrogen-bond acceptors (Lipinski definition) is 10. The summed E-state index contributed by atoms with van der Waals surface area (Å²) < 4.78 is 25.8. The fraction of sp³-hybridized carbons (Fsp3) is 0.643. The zero-order valence-corrected chi connectivity index (χ0v) is 15.1. The number of aryl methyl sites for hydroxylation is 1. The Morgan fingerprint density at radius 3 is 2.44 bits per heavy atom. The Morgan fingerprint density at radius 1 is 1.19 bits per heavy atom. The number of hydrogen-bond donors (Lipinski definition) is 7. The molecule has 12 nitrogen and oxygen atoms in total. The molecule has 0 radical (unpaired) electrons. The summed E-state index contributed by atoms with van der Waals surface area (Å²) in [4.78, 5) is 21.5. The number of ether oxygens (including phenoxy) is 2. The van der Waals surface area contributed by atoms with Crippen molar-refractivity contribution in [3.05, 3.63) is 23.0 Å². The third-order valence-electron chi connectivity index (χ3n) is 4.06. The smallest absolute Gasteiger partial charge is 0.469 e. The van der Waals surface area contributed by atoms with Crippen LogP contribution >= 0.6 is 7.82 Å². The Hall–Kier alpha value is -1.18. The second kappa shape index (κ2) is 8.88. The summed E-state index contributed by atoms with van der Waals surface area (Å²) in [6.45, 7) is -0.123. The molecule has 154 valence electrons. The van der Waals surface area contributed by atoms with Crippen LogP contribution in [0, 0.1) is 6.92 Å². The molecule has 1 aromatic heterocycles. The quantitative estimate of drug-likeness (QED) is 0.244. The normalized spacial score (nSPS) is 29.1. The minimum atomic E-state index is -4.76. The van der Waals surface area contributed by atoms with Crippen molar-refractivity contribution in [1.29, 1.82) is 0 Å². The molecule has 1 aliphatic rings. The molecule has 27 heavy (non-hydrogen) atoms. The molecular formula is C14H22NO11P. The van der Waals surface area contributed by atoms with E-state index in [0.717, 1.165) is 0 Å². The van der Waals surface area contributed by atoms with Gasteiger partial charge in [-0.1, -0.05) is 0 Å². The van der Waals surface area contributed by atoms with Crippen LogP contribution in [0.4, 0.5) is 0 Å². The van der Waals surface area contributed by atoms with Gasteiger partial charge in [-0.3, -0.25) is 9.51 Å². The topological polar surface area (TPSA) is 199 Å². The van der Waals surface area contributed by atoms with Crippen LogP contribution in [-0.2, 0) is 31.8 Å². The third-order valence-corrected chi connectivity index (χ3v) is 4.52. The monoisotopic (exact) mass is 411 g/mol. The predicted octanol–water partition coefficient (Wildman–Crippen LogP) is -1.98. The lowest BCUT2D eigenvalue weighted by atomic mass is 9.99. The summed E-state index contributed by atoms with van der Waals surface area (Å²) in [7, 11) is -4.76. The SMILES string of the molecule is Cc1ncc(COP(=O)(O)O)c(CO[C@H]2O[C@H](CO)[C@H](O)[C@H](O)[C@H]2O)c1O. The Balaban J connectivity index is 2.16. The molecule has 0 amide bonds. The van der Waals surface area contributed by atoms with E-state index in [2.05, 4.69) is 9.51 Å². The molecule has 0 aromatic carbocycles. The average molecular weight is 411 g/mol. The molecule has 13 heteroatoms. The molecule has 0 bridgehead atoms. The number of aliphatic hydroxyl groups excluding tert-OH is 4. The highest BCUT2D eigenvalue weighted by Crippen LogP contribution is 2.38. The minimum Gasteiger partial charge on any atom is -0.506 e. The number of pyridine rings is 1. The molecule has 5 atom stereocenters. The van der Waals surface area contributed by atoms with Crippen LogP contribution in [0.1, 0.15) is 16.8 Å². The summed E-state index contributed by atoms with van der Waals surface area (Å²) in [5, 5.41) is 48.8. The van der Waals surface area contributed by atoms with Crippen LogP contribution in [0.5, 0.6) is 5.75 Å². The van der Waals surface area contributed by atoms with Gasteiger partial charge in [0, 0.05) is 17.3 Å². The van der Waals surface area contributed by atoms with Gasteiger partial charge in [0.25, 0.3) is 0 Å². The zero-order valence-electron chi connectivity index (χ0n) is 14.2. The van der Waals surface area contributed by atoms with E-state index in [1.54, 1.807) is 0 Å². The highest BCUT2D eigenvalue weighted by molar-refractivity contribution is 7.46. The summed E-state index contributed by atoms with van der Waals surface area (Å²) in [6, 6.07) is 0. The second-order valence-corrected chi connectivity index (χ2v) is 7.21. The van der Waals surface area contributed by atoms with Crippen LogP contribution in [0.2, 0.25) is 0 Å². The van der Waals surface area contributed by atoms with Crippen LogP contribution in [0.25, 0.3) is 0 Å². The van der Waals surface area contributed by atoms with Crippen LogP contribution in [-0.4, -0.2) is 77.6 Å². The number of nitrogens with zero attached hydrogens (tertiary/aromatic N) is 1. The molecule has 1 aromatic rings. The largest absolute Gasteiger partial charge is 0.506 e. The number of phosphoric acid groups is 1. The predicted molar refractivity (Wildman–Crippen MR) is 86.0 cm³/mol. The maximum absolute atomic E-state index is 10.9. The van der Waals surface area contributed by atoms with Crippen LogP contribution < -0.4 is 0 Å². The number of rotatable bonds is 7. The molecule has 1 fully saturated rings. The van der Waals surface area contributed by atoms with E-state index in [4.69, 9.17) is 24.4 Å². The van der Waals surface area contributed by atoms with Gasteiger partial charge in [0.05, 0.1) is 25.5 Å². The lowest BCUT2D eigenvalue weighted by Crippen LogP contribution is -2.59. The summed E-state index contributed by atoms with van der Waals surface area (Å²) in [6.07, 6.45) is -6.19. The first-order chi connectivity index (χ1) is 12.5. The third kappa shape index (κ3) is 5.42. The Labute approximate surface area is 153 Å². The Morgan fingerprint density at radius 2 is 1.85 bits per heavy atom. The van der Waals surface area contributed by atoms with E-state index < -0.39 is 58.3 Å². The fourth-order valence-corrected chi connectivity index (χ4v) is 2.80. The molecule has 0 saturated carbocycles. The number of aliphatic hydroxyl groups is 4. The van der Waals surface area contributed by atoms with E-state index >= 15 is 0 Å². The molecule has 1 saturated heterocycles. The van der Waals surface area contributed by atoms with Gasteiger partial charge in [0.1, 0.15) is 30.2 Å². The van der Waals surface area contributed by atoms with Crippen molar-refractivity contribution in [2.24, 2.45) is 0 Å². The molecule has 1 aliphatic heterocycles. The fourth-order valence-electron chi connectivity index (χ4n) is 2.49. The van der Waals surface area contributed by atoms with Gasteiger partial charge in [-0.15, -0.1) is 0 Å². The molecule has 2 heterocycles. The van der Waals surface area contributed by atoms with Crippen molar-refractivity contribution in [2.75, 3.05) is 6.61 Å². The highest BCUT2D eigenvalue weighted by Gasteiger charge is 2.44. The molecule has 7 N–H and O–H groups in total. The van der Waals surface area contributed by atoms with Crippen molar-refractivity contribution in [2.45, 2.75) is 50.8 Å². The lowest BCUT2D eigenvalue weighted by molar-refractivity contribution is -0.304. The summed E-state index contributed by atoms with van der Waals surface area (Å²) in [5.41, 5.74) is 0.404. The highest BCUT2D eigenvalue weighted by atomic mass is 31.2. The van der Waals surface area contributed by atoms with Gasteiger partial charge in [0.15, 0.2) is 6.29 Å². The molecular weight excluding hydrogens is 389 g/mol. The standard InChI is InChI=1S/C14H22NO11P/c1-6-10(17)8(7(2-15-6)4-25-27(21,22)23)5-24-14-13(20)12(19)11(18)9(3-16)26-14/h2,9,11-14,16-20H,3-5H2,1H3,(H2,21,22,23)/t9-,11+,12+,13-,14+/m1/s1. The van der Waals surface area contributed by atoms with Crippen molar-refractivity contribution in [1.82, 2.24) is 4.98 Å². The van der Waals surface area contributed by atoms with Gasteiger partial charge >= 0.3 is 7.82 Å². The first kappa shape index (κ1) is 22.1. The van der Waals surface area contributed by atoms with Crippen LogP contribution in [0.3, 0.4) is 0 Å². The number of aromatic hydroxyl groups is 1. The molecule has 0 aliphatic carbocycles. The molecule has 2 rings (SSSR count). The Kier molecular flexibility index (Phi) is 7.27. The van der Waals surface area contributed by atoms with Gasteiger partial charge in [-0.05, 0) is 6.92 Å². The average Bonchev–Trinajstić information content (AvgIpc) is 2.60. The first-order valence-electron chi connectivity index (χ1n) is 7.83. The number of phosphoric ester groups is 1. The van der Waals surface area contributed by atoms with E-state index in [-0.39, 0.29) is 22.6 Å². The Bertz CT molecular complexity index is 694. The van der Waals surface area contributed by atoms with Crippen molar-refractivity contribution in [3.63, 3.8) is 0 Å². The summed E-state index contributed by atoms with van der Waals surface area (Å²) >= 11 is 0. The van der Waals surface area contributed by atoms with Crippen molar-refractivity contribution >= 4 is 7.82 Å². The van der Waals surface area contributed by atoms with Crippen LogP contribution in [0.15, 0.2) is 6.20 Å². The first-order valence-corrected chi connectivity index (χ1v) is 9.36. The maximum atomic E-state index is 10.9. The summed E-state index contributed by atoms with van der Waals surface area (Å²) in [5.74, 6) is -0.314. The second-order valence-electron chi connectivity index (χ2n) is 5.97.